The van der Waals surface area contributed by atoms with Crippen LogP contribution in [0.2, 0.25) is 19.6 Å². The quantitative estimate of drug-likeness (QED) is 0.588. The lowest BCUT2D eigenvalue weighted by molar-refractivity contribution is 0.291. The summed E-state index contributed by atoms with van der Waals surface area (Å²) in [5.74, 6) is 1.11. The molecule has 0 aromatic rings. The van der Waals surface area contributed by atoms with Gasteiger partial charge in [0.15, 0.2) is 8.24 Å². The van der Waals surface area contributed by atoms with Crippen molar-refractivity contribution in [1.29, 1.82) is 0 Å². The van der Waals surface area contributed by atoms with Crippen molar-refractivity contribution >= 4 is 14.1 Å². The fourth-order valence-electron chi connectivity index (χ4n) is 0.965. The predicted molar refractivity (Wildman–Crippen MR) is 54.0 cm³/mol. The van der Waals surface area contributed by atoms with E-state index in [-0.39, 0.29) is 0 Å². The number of hydrogen-bond acceptors (Lipinski definition) is 4. The maximum Gasteiger partial charge on any atom is 0.192 e. The summed E-state index contributed by atoms with van der Waals surface area (Å²) in [6.45, 7) is 9.67. The summed E-state index contributed by atoms with van der Waals surface area (Å²) in [6.07, 6.45) is 0. The SMILES string of the molecule is CC1CNN([Si](C)(C)C)N=C1N. The average molecular weight is 186 g/mol. The molecule has 70 valence electrons. The van der Waals surface area contributed by atoms with Gasteiger partial charge in [-0.2, -0.15) is 5.10 Å². The smallest absolute Gasteiger partial charge is 0.192 e. The van der Waals surface area contributed by atoms with Crippen LogP contribution in [0.25, 0.3) is 0 Å². The number of hydrazine groups is 1. The van der Waals surface area contributed by atoms with Crippen LogP contribution in [-0.4, -0.2) is 25.4 Å². The van der Waals surface area contributed by atoms with Crippen LogP contribution in [-0.2, 0) is 0 Å². The standard InChI is InChI=1S/C7H18N4Si/c1-6-5-9-11(10-7(6)8)12(2,3)4/h6,9H,5H2,1-4H3,(H2,8,10). The number of hydrogen-bond donors (Lipinski definition) is 2. The molecule has 5 heteroatoms. The maximum atomic E-state index is 5.76. The first-order chi connectivity index (χ1) is 5.41. The van der Waals surface area contributed by atoms with E-state index in [4.69, 9.17) is 5.73 Å². The normalized spacial score (nSPS) is 25.5. The van der Waals surface area contributed by atoms with Crippen LogP contribution in [0.4, 0.5) is 0 Å². The van der Waals surface area contributed by atoms with Crippen LogP contribution in [0.15, 0.2) is 5.10 Å². The van der Waals surface area contributed by atoms with E-state index in [9.17, 15) is 0 Å². The lowest BCUT2D eigenvalue weighted by Crippen LogP contribution is -2.56. The molecule has 0 bridgehead atoms. The second-order valence-electron chi connectivity index (χ2n) is 4.27. The molecule has 1 aliphatic heterocycles. The van der Waals surface area contributed by atoms with Crippen molar-refractivity contribution in [3.63, 3.8) is 0 Å². The van der Waals surface area contributed by atoms with Gasteiger partial charge < -0.3 is 5.73 Å². The number of nitrogens with zero attached hydrogens (tertiary/aromatic N) is 2. The van der Waals surface area contributed by atoms with Gasteiger partial charge in [0, 0.05) is 12.5 Å². The summed E-state index contributed by atoms with van der Waals surface area (Å²) in [5, 5.41) is 4.31. The molecule has 0 saturated carbocycles. The highest BCUT2D eigenvalue weighted by atomic mass is 28.3. The highest BCUT2D eigenvalue weighted by Crippen LogP contribution is 2.11. The van der Waals surface area contributed by atoms with Crippen LogP contribution < -0.4 is 11.2 Å². The highest BCUT2D eigenvalue weighted by Gasteiger charge is 2.27. The van der Waals surface area contributed by atoms with Gasteiger partial charge in [0.2, 0.25) is 0 Å². The first kappa shape index (κ1) is 9.53. The van der Waals surface area contributed by atoms with Crippen molar-refractivity contribution in [2.75, 3.05) is 6.54 Å². The van der Waals surface area contributed by atoms with E-state index in [0.717, 1.165) is 12.4 Å². The number of hydrazone groups is 1. The van der Waals surface area contributed by atoms with Gasteiger partial charge >= 0.3 is 0 Å². The zero-order valence-electron chi connectivity index (χ0n) is 8.26. The molecule has 0 aliphatic carbocycles. The average Bonchev–Trinajstić information content (AvgIpc) is 1.92. The molecule has 0 aromatic carbocycles. The fourth-order valence-corrected chi connectivity index (χ4v) is 1.95. The third kappa shape index (κ3) is 1.98. The fraction of sp³-hybridized carbons (Fsp3) is 0.857. The zero-order valence-corrected chi connectivity index (χ0v) is 9.26. The summed E-state index contributed by atoms with van der Waals surface area (Å²) in [7, 11) is -1.37. The summed E-state index contributed by atoms with van der Waals surface area (Å²) in [5.41, 5.74) is 9.02. The minimum absolute atomic E-state index is 0.359. The molecule has 0 saturated heterocycles. The van der Waals surface area contributed by atoms with Crippen LogP contribution in [0.3, 0.4) is 0 Å². The molecule has 1 aliphatic rings. The minimum atomic E-state index is -1.37. The number of amidine groups is 1. The topological polar surface area (TPSA) is 53.6 Å². The third-order valence-corrected chi connectivity index (χ3v) is 3.43. The Balaban J connectivity index is 2.73. The predicted octanol–water partition coefficient (Wildman–Crippen LogP) is 0.550. The third-order valence-electron chi connectivity index (χ3n) is 1.90. The Morgan fingerprint density at radius 1 is 1.58 bits per heavy atom. The van der Waals surface area contributed by atoms with E-state index >= 15 is 0 Å². The second-order valence-corrected chi connectivity index (χ2v) is 9.04. The molecule has 12 heavy (non-hydrogen) atoms. The van der Waals surface area contributed by atoms with Crippen molar-refractivity contribution in [2.24, 2.45) is 16.8 Å². The highest BCUT2D eigenvalue weighted by molar-refractivity contribution is 6.73. The summed E-state index contributed by atoms with van der Waals surface area (Å²) >= 11 is 0. The molecule has 1 unspecified atom stereocenters. The van der Waals surface area contributed by atoms with Gasteiger partial charge in [0.1, 0.15) is 5.84 Å². The van der Waals surface area contributed by atoms with E-state index in [2.05, 4.69) is 37.1 Å². The molecule has 0 aromatic heterocycles. The zero-order chi connectivity index (χ0) is 9.35. The Hall–Kier alpha value is -0.553. The molecule has 4 nitrogen and oxygen atoms in total. The lowest BCUT2D eigenvalue weighted by atomic mass is 10.1. The van der Waals surface area contributed by atoms with Gasteiger partial charge in [-0.15, -0.1) is 0 Å². The van der Waals surface area contributed by atoms with Crippen molar-refractivity contribution in [2.45, 2.75) is 26.6 Å². The van der Waals surface area contributed by atoms with E-state index in [1.165, 1.54) is 0 Å². The summed E-state index contributed by atoms with van der Waals surface area (Å²) in [6, 6.07) is 0. The largest absolute Gasteiger partial charge is 0.385 e. The maximum absolute atomic E-state index is 5.76. The van der Waals surface area contributed by atoms with Crippen molar-refractivity contribution < 1.29 is 0 Å². The van der Waals surface area contributed by atoms with Crippen LogP contribution in [0.5, 0.6) is 0 Å². The minimum Gasteiger partial charge on any atom is -0.385 e. The van der Waals surface area contributed by atoms with Crippen molar-refractivity contribution in [3.05, 3.63) is 0 Å². The van der Waals surface area contributed by atoms with E-state index in [1.807, 2.05) is 4.78 Å². The second kappa shape index (κ2) is 3.06. The van der Waals surface area contributed by atoms with E-state index in [0.29, 0.717) is 5.92 Å². The van der Waals surface area contributed by atoms with Crippen LogP contribution in [0, 0.1) is 5.92 Å². The molecular formula is C7H18N4Si. The first-order valence-corrected chi connectivity index (χ1v) is 7.73. The molecule has 0 spiro atoms. The molecule has 3 N–H and O–H groups in total. The number of nitrogens with two attached hydrogens (primary N) is 1. The summed E-state index contributed by atoms with van der Waals surface area (Å²) < 4.78 is 0. The van der Waals surface area contributed by atoms with Crippen LogP contribution >= 0.6 is 0 Å². The van der Waals surface area contributed by atoms with Gasteiger partial charge in [-0.1, -0.05) is 6.92 Å². The summed E-state index contributed by atoms with van der Waals surface area (Å²) in [4.78, 5) is 1.96. The van der Waals surface area contributed by atoms with Crippen molar-refractivity contribution in [1.82, 2.24) is 10.2 Å². The molecule has 1 atom stereocenters. The van der Waals surface area contributed by atoms with Crippen LogP contribution in [0.1, 0.15) is 6.92 Å². The Bertz CT molecular complexity index is 196. The van der Waals surface area contributed by atoms with Crippen molar-refractivity contribution in [3.8, 4) is 0 Å². The first-order valence-electron chi connectivity index (χ1n) is 4.29. The van der Waals surface area contributed by atoms with Gasteiger partial charge in [-0.05, 0) is 19.6 Å². The Labute approximate surface area is 74.9 Å². The Kier molecular flexibility index (Phi) is 2.43. The lowest BCUT2D eigenvalue weighted by Gasteiger charge is -2.36. The molecule has 0 amide bonds. The Morgan fingerprint density at radius 2 is 2.17 bits per heavy atom. The van der Waals surface area contributed by atoms with Gasteiger partial charge in [0.25, 0.3) is 0 Å². The van der Waals surface area contributed by atoms with E-state index in [1.54, 1.807) is 0 Å². The van der Waals surface area contributed by atoms with E-state index < -0.39 is 8.24 Å². The van der Waals surface area contributed by atoms with Gasteiger partial charge in [0.05, 0.1) is 0 Å². The van der Waals surface area contributed by atoms with Gasteiger partial charge in [-0.25, -0.2) is 5.43 Å². The number of nitrogens with one attached hydrogen (secondary N) is 1. The Morgan fingerprint density at radius 3 is 2.58 bits per heavy atom. The molecule has 0 fully saturated rings. The molecular weight excluding hydrogens is 168 g/mol. The number of rotatable bonds is 1. The molecule has 1 heterocycles. The monoisotopic (exact) mass is 186 g/mol. The molecule has 1 rings (SSSR count). The molecule has 0 radical (unpaired) electrons. The van der Waals surface area contributed by atoms with Gasteiger partial charge in [-0.3, -0.25) is 4.78 Å².